The first-order chi connectivity index (χ1) is 8.34. The second kappa shape index (κ2) is 7.05. The Hall–Kier alpha value is -2.37. The molecule has 0 amide bonds. The fourth-order valence-electron chi connectivity index (χ4n) is 1.02. The third-order valence-electron chi connectivity index (χ3n) is 1.70. The number of benzene rings is 1. The van der Waals surface area contributed by atoms with Crippen LogP contribution in [0.3, 0.4) is 0 Å². The summed E-state index contributed by atoms with van der Waals surface area (Å²) in [5.74, 6) is -5.13. The van der Waals surface area contributed by atoms with Crippen LogP contribution in [0.4, 0.5) is 0 Å². The number of carboxylic acid groups (broad SMARTS) is 3. The molecule has 0 atom stereocenters. The zero-order chi connectivity index (χ0) is 14.3. The number of carbonyl (C=O) groups excluding carboxylic acids is 3. The van der Waals surface area contributed by atoms with Crippen LogP contribution in [0.2, 0.25) is 0 Å². The number of rotatable bonds is 3. The van der Waals surface area contributed by atoms with Crippen molar-refractivity contribution in [1.82, 2.24) is 0 Å². The minimum Gasteiger partial charge on any atom is -0.545 e. The van der Waals surface area contributed by atoms with Crippen LogP contribution in [0, 0.1) is 0 Å². The maximum atomic E-state index is 10.5. The van der Waals surface area contributed by atoms with Crippen LogP contribution < -0.4 is 15.3 Å². The molecule has 1 rings (SSSR count). The van der Waals surface area contributed by atoms with Crippen LogP contribution in [0.15, 0.2) is 18.2 Å². The first kappa shape index (κ1) is 15.6. The van der Waals surface area contributed by atoms with E-state index in [0.29, 0.717) is 6.07 Å². The van der Waals surface area contributed by atoms with Crippen LogP contribution in [0.1, 0.15) is 51.3 Å². The number of hydrogen-bond donors (Lipinski definition) is 0. The Labute approximate surface area is 103 Å². The van der Waals surface area contributed by atoms with E-state index in [0.717, 1.165) is 12.1 Å². The van der Waals surface area contributed by atoms with Crippen LogP contribution in [-0.2, 0) is 0 Å². The van der Waals surface area contributed by atoms with Gasteiger partial charge >= 0.3 is 0 Å². The van der Waals surface area contributed by atoms with Crippen LogP contribution in [-0.4, -0.2) is 17.9 Å². The van der Waals surface area contributed by atoms with E-state index in [9.17, 15) is 29.7 Å². The molecule has 0 aromatic heterocycles. The maximum Gasteiger partial charge on any atom is 0.0722 e. The lowest BCUT2D eigenvalue weighted by molar-refractivity contribution is -0.259. The fraction of sp³-hybridized carbons (Fsp3) is 0.250. The molecule has 18 heavy (non-hydrogen) atoms. The molecule has 0 saturated carbocycles. The third kappa shape index (κ3) is 4.25. The van der Waals surface area contributed by atoms with Crippen molar-refractivity contribution in [1.29, 1.82) is 0 Å². The summed E-state index contributed by atoms with van der Waals surface area (Å²) in [5.41, 5.74) is -1.84. The summed E-state index contributed by atoms with van der Waals surface area (Å²) in [4.78, 5) is 31.3. The summed E-state index contributed by atoms with van der Waals surface area (Å²) in [5, 5.41) is 31.3. The highest BCUT2D eigenvalue weighted by atomic mass is 16.4. The largest absolute Gasteiger partial charge is 0.545 e. The van der Waals surface area contributed by atoms with Gasteiger partial charge in [0.05, 0.1) is 17.9 Å². The highest BCUT2D eigenvalue weighted by Gasteiger charge is 2.06. The molecule has 0 saturated heterocycles. The summed E-state index contributed by atoms with van der Waals surface area (Å²) in [6, 6.07) is 2.37. The van der Waals surface area contributed by atoms with Gasteiger partial charge in [0.2, 0.25) is 0 Å². The van der Waals surface area contributed by atoms with Gasteiger partial charge in [0.15, 0.2) is 0 Å². The lowest BCUT2D eigenvalue weighted by Gasteiger charge is -2.13. The van der Waals surface area contributed by atoms with Crippen LogP contribution >= 0.6 is 0 Å². The van der Waals surface area contributed by atoms with Crippen molar-refractivity contribution in [2.75, 3.05) is 0 Å². The van der Waals surface area contributed by atoms with Gasteiger partial charge in [0, 0.05) is 11.1 Å². The maximum absolute atomic E-state index is 10.5. The molecule has 0 bridgehead atoms. The van der Waals surface area contributed by atoms with E-state index in [1.54, 1.807) is 0 Å². The van der Waals surface area contributed by atoms with Crippen LogP contribution in [0.5, 0.6) is 0 Å². The molecule has 0 radical (unpaired) electrons. The molecular weight excluding hydrogens is 240 g/mol. The number of hydrogen-bond acceptors (Lipinski definition) is 6. The van der Waals surface area contributed by atoms with Crippen LogP contribution in [0.25, 0.3) is 0 Å². The molecule has 0 spiro atoms. The highest BCUT2D eigenvalue weighted by Crippen LogP contribution is 2.10. The summed E-state index contributed by atoms with van der Waals surface area (Å²) in [7, 11) is 0. The van der Waals surface area contributed by atoms with Gasteiger partial charge in [-0.15, -0.1) is 0 Å². The van der Waals surface area contributed by atoms with Gasteiger partial charge in [-0.25, -0.2) is 0 Å². The topological polar surface area (TPSA) is 120 Å². The van der Waals surface area contributed by atoms with E-state index >= 15 is 0 Å². The fourth-order valence-corrected chi connectivity index (χ4v) is 1.02. The van der Waals surface area contributed by atoms with Gasteiger partial charge in [-0.3, -0.25) is 0 Å². The summed E-state index contributed by atoms with van der Waals surface area (Å²) >= 11 is 0. The van der Waals surface area contributed by atoms with E-state index in [-0.39, 0.29) is 0 Å². The SMILES string of the molecule is CCC.O=C([O-])c1ccc(C(=O)[O-])c(C(=O)[O-])c1. The van der Waals surface area contributed by atoms with Gasteiger partial charge in [-0.2, -0.15) is 0 Å². The van der Waals surface area contributed by atoms with Gasteiger partial charge in [0.25, 0.3) is 0 Å². The second-order valence-electron chi connectivity index (χ2n) is 3.33. The van der Waals surface area contributed by atoms with Crippen molar-refractivity contribution >= 4 is 17.9 Å². The predicted octanol–water partition coefficient (Wildman–Crippen LogP) is -1.81. The van der Waals surface area contributed by atoms with Gasteiger partial charge < -0.3 is 29.7 Å². The van der Waals surface area contributed by atoms with Crippen molar-refractivity contribution in [3.05, 3.63) is 34.9 Å². The monoisotopic (exact) mass is 251 g/mol. The highest BCUT2D eigenvalue weighted by molar-refractivity contribution is 6.02. The molecule has 1 aromatic rings. The average Bonchev–Trinajstić information content (AvgIpc) is 2.28. The molecule has 0 N–H and O–H groups in total. The van der Waals surface area contributed by atoms with Crippen molar-refractivity contribution in [2.45, 2.75) is 20.3 Å². The quantitative estimate of drug-likeness (QED) is 0.624. The van der Waals surface area contributed by atoms with Gasteiger partial charge in [-0.1, -0.05) is 32.4 Å². The lowest BCUT2D eigenvalue weighted by atomic mass is 10.0. The first-order valence-electron chi connectivity index (χ1n) is 5.13. The molecule has 6 heteroatoms. The van der Waals surface area contributed by atoms with Crippen molar-refractivity contribution in [3.8, 4) is 0 Å². The number of carbonyl (C=O) groups is 3. The standard InChI is InChI=1S/C9H6O6.C3H8/c10-7(11)4-1-2-5(8(12)13)6(3-4)9(14)15;1-3-2/h1-3H,(H,10,11)(H,12,13)(H,14,15);3H2,1-2H3/p-3. The molecule has 98 valence electrons. The zero-order valence-corrected chi connectivity index (χ0v) is 9.89. The third-order valence-corrected chi connectivity index (χ3v) is 1.70. The minimum atomic E-state index is -1.79. The van der Waals surface area contributed by atoms with Crippen molar-refractivity contribution in [2.24, 2.45) is 0 Å². The molecule has 0 aliphatic carbocycles. The number of carboxylic acids is 3. The predicted molar refractivity (Wildman–Crippen MR) is 55.4 cm³/mol. The molecule has 0 fully saturated rings. The normalized spacial score (nSPS) is 9.00. The zero-order valence-electron chi connectivity index (χ0n) is 9.89. The summed E-state index contributed by atoms with van der Waals surface area (Å²) in [6.45, 7) is 4.25. The Kier molecular flexibility index (Phi) is 6.12. The molecule has 0 aliphatic rings. The first-order valence-corrected chi connectivity index (χ1v) is 5.13. The van der Waals surface area contributed by atoms with E-state index in [1.165, 1.54) is 6.42 Å². The molecule has 0 aliphatic heterocycles. The summed E-state index contributed by atoms with van der Waals surface area (Å²) in [6.07, 6.45) is 1.25. The van der Waals surface area contributed by atoms with E-state index in [4.69, 9.17) is 0 Å². The van der Waals surface area contributed by atoms with Gasteiger partial charge in [-0.05, 0) is 11.6 Å². The summed E-state index contributed by atoms with van der Waals surface area (Å²) < 4.78 is 0. The smallest absolute Gasteiger partial charge is 0.0722 e. The van der Waals surface area contributed by atoms with E-state index in [1.807, 2.05) is 0 Å². The number of aromatic carboxylic acids is 3. The Balaban J connectivity index is 0.000000873. The Morgan fingerprint density at radius 1 is 0.889 bits per heavy atom. The lowest BCUT2D eigenvalue weighted by Crippen LogP contribution is -2.31. The Morgan fingerprint density at radius 2 is 1.33 bits per heavy atom. The van der Waals surface area contributed by atoms with Crippen molar-refractivity contribution in [3.63, 3.8) is 0 Å². The Morgan fingerprint density at radius 3 is 1.67 bits per heavy atom. The van der Waals surface area contributed by atoms with E-state index < -0.39 is 34.6 Å². The minimum absolute atomic E-state index is 0.445. The molecule has 0 heterocycles. The van der Waals surface area contributed by atoms with E-state index in [2.05, 4.69) is 13.8 Å². The van der Waals surface area contributed by atoms with Gasteiger partial charge in [0.1, 0.15) is 0 Å². The Bertz CT molecular complexity index is 464. The average molecular weight is 251 g/mol. The molecular formula is C12H11O6-3. The molecule has 0 unspecified atom stereocenters. The molecule has 1 aromatic carbocycles. The second-order valence-corrected chi connectivity index (χ2v) is 3.33. The van der Waals surface area contributed by atoms with Crippen molar-refractivity contribution < 1.29 is 29.7 Å². The molecule has 6 nitrogen and oxygen atoms in total.